The Kier molecular flexibility index (Phi) is 9.11. The van der Waals surface area contributed by atoms with Gasteiger partial charge >= 0.3 is 0 Å². The number of hydrogen-bond donors (Lipinski definition) is 4. The number of aliphatic hydroxyl groups excluding tert-OH is 1. The van der Waals surface area contributed by atoms with E-state index in [1.165, 1.54) is 0 Å². The van der Waals surface area contributed by atoms with Crippen molar-refractivity contribution in [1.29, 1.82) is 0 Å². The lowest BCUT2D eigenvalue weighted by molar-refractivity contribution is -0.141. The number of carbonyl (C=O) groups is 4. The predicted molar refractivity (Wildman–Crippen MR) is 176 cm³/mol. The highest BCUT2D eigenvalue weighted by Crippen LogP contribution is 2.43. The molecule has 2 aliphatic heterocycles. The summed E-state index contributed by atoms with van der Waals surface area (Å²) in [5.41, 5.74) is 2.06. The number of H-pyrrole nitrogens is 1. The summed E-state index contributed by atoms with van der Waals surface area (Å²) in [5.74, 6) is -0.791. The van der Waals surface area contributed by atoms with Gasteiger partial charge in [-0.3, -0.25) is 19.2 Å². The van der Waals surface area contributed by atoms with E-state index in [1.807, 2.05) is 48.5 Å². The molecule has 2 aliphatic carbocycles. The predicted octanol–water partition coefficient (Wildman–Crippen LogP) is 2.36. The number of nitrogens with zero attached hydrogens (tertiary/aromatic N) is 2. The van der Waals surface area contributed by atoms with Crippen LogP contribution in [0.2, 0.25) is 0 Å². The summed E-state index contributed by atoms with van der Waals surface area (Å²) in [6.07, 6.45) is 2.57. The highest BCUT2D eigenvalue weighted by molar-refractivity contribution is 6.02. The van der Waals surface area contributed by atoms with Crippen LogP contribution in [0.4, 0.5) is 0 Å². The Bertz CT molecular complexity index is 1670. The zero-order valence-corrected chi connectivity index (χ0v) is 27.1. The second kappa shape index (κ2) is 13.6. The SMILES string of the molecule is COc1cccc2[nH]c(C(=O)N3C[C@@H]4CCC[C@@H]4[C@H]3C(=O)N[C@@H](CN3CC[C@H](OCc4ccccc4)C3=O)C(O)C(=O)NC3CC3)cc12. The molecule has 3 heterocycles. The third-order valence-electron chi connectivity index (χ3n) is 10.4. The van der Waals surface area contributed by atoms with Gasteiger partial charge in [0.25, 0.3) is 17.7 Å². The van der Waals surface area contributed by atoms with Gasteiger partial charge in [-0.2, -0.15) is 0 Å². The van der Waals surface area contributed by atoms with Crippen LogP contribution in [0.5, 0.6) is 5.75 Å². The number of benzene rings is 2. The van der Waals surface area contributed by atoms with Gasteiger partial charge in [0.05, 0.1) is 19.8 Å². The van der Waals surface area contributed by atoms with Crippen LogP contribution in [0.25, 0.3) is 10.9 Å². The lowest BCUT2D eigenvalue weighted by atomic mass is 9.93. The molecule has 12 heteroatoms. The second-order valence-corrected chi connectivity index (χ2v) is 13.6. The normalized spacial score (nSPS) is 24.8. The number of methoxy groups -OCH3 is 1. The summed E-state index contributed by atoms with van der Waals surface area (Å²) in [7, 11) is 1.58. The van der Waals surface area contributed by atoms with E-state index in [4.69, 9.17) is 9.47 Å². The maximum atomic E-state index is 14.3. The van der Waals surface area contributed by atoms with E-state index < -0.39 is 36.1 Å². The van der Waals surface area contributed by atoms with Crippen LogP contribution in [0.1, 0.15) is 54.6 Å². The first-order chi connectivity index (χ1) is 23.3. The molecule has 2 saturated heterocycles. The Labute approximate surface area is 279 Å². The molecule has 2 saturated carbocycles. The molecule has 3 aromatic rings. The number of ether oxygens (including phenoxy) is 2. The van der Waals surface area contributed by atoms with Crippen molar-refractivity contribution in [2.24, 2.45) is 11.8 Å². The highest BCUT2D eigenvalue weighted by atomic mass is 16.5. The number of rotatable bonds is 12. The van der Waals surface area contributed by atoms with Gasteiger partial charge in [0.1, 0.15) is 23.6 Å². The standard InChI is InChI=1S/C36H43N5O7/c1-47-29-12-6-11-26-25(29)17-27(38-26)35(45)41-18-22-9-5-10-24(22)31(41)33(43)39-28(32(42)34(44)37-23-13-14-23)19-40-16-15-30(36(40)46)48-20-21-7-3-2-4-8-21/h2-4,6-8,11-12,17,22-24,28,30-32,38,42H,5,9-10,13-16,18-20H2,1H3,(H,37,44)(H,39,43)/t22-,24-,28-,30-,31-,32?/m0/s1. The first kappa shape index (κ1) is 32.1. The van der Waals surface area contributed by atoms with Crippen LogP contribution >= 0.6 is 0 Å². The molecule has 7 rings (SSSR count). The van der Waals surface area contributed by atoms with Crippen molar-refractivity contribution >= 4 is 34.5 Å². The van der Waals surface area contributed by atoms with Crippen LogP contribution in [0.15, 0.2) is 54.6 Å². The average Bonchev–Trinajstić information content (AvgIpc) is 3.40. The molecule has 1 unspecified atom stereocenters. The summed E-state index contributed by atoms with van der Waals surface area (Å²) < 4.78 is 11.4. The fraction of sp³-hybridized carbons (Fsp3) is 0.500. The lowest BCUT2D eigenvalue weighted by Gasteiger charge is -2.32. The largest absolute Gasteiger partial charge is 0.496 e. The number of hydrogen-bond acceptors (Lipinski definition) is 7. The minimum absolute atomic E-state index is 0.00446. The Morgan fingerprint density at radius 1 is 1.04 bits per heavy atom. The Balaban J connectivity index is 1.09. The van der Waals surface area contributed by atoms with Gasteiger partial charge in [0.15, 0.2) is 6.10 Å². The van der Waals surface area contributed by atoms with E-state index in [-0.39, 0.29) is 42.8 Å². The third kappa shape index (κ3) is 6.51. The van der Waals surface area contributed by atoms with Gasteiger partial charge in [-0.05, 0) is 61.3 Å². The van der Waals surface area contributed by atoms with Gasteiger partial charge in [0, 0.05) is 43.0 Å². The van der Waals surface area contributed by atoms with Crippen LogP contribution in [-0.2, 0) is 25.7 Å². The molecule has 0 radical (unpaired) electrons. The number of aromatic nitrogens is 1. The van der Waals surface area contributed by atoms with Crippen molar-refractivity contribution in [2.75, 3.05) is 26.7 Å². The van der Waals surface area contributed by atoms with Crippen LogP contribution in [-0.4, -0.2) is 101 Å². The molecule has 0 bridgehead atoms. The quantitative estimate of drug-likeness (QED) is 0.233. The number of aliphatic hydroxyl groups is 1. The number of likely N-dealkylation sites (tertiary alicyclic amines) is 2. The molecular weight excluding hydrogens is 614 g/mol. The molecule has 6 atom stereocenters. The van der Waals surface area contributed by atoms with Gasteiger partial charge in [-0.25, -0.2) is 0 Å². The fourth-order valence-electron chi connectivity index (χ4n) is 7.67. The van der Waals surface area contributed by atoms with E-state index in [0.717, 1.165) is 48.6 Å². The first-order valence-corrected chi connectivity index (χ1v) is 17.0. The number of amides is 4. The number of fused-ring (bicyclic) bond motifs is 2. The molecule has 4 aliphatic rings. The maximum absolute atomic E-state index is 14.3. The molecule has 2 aromatic carbocycles. The number of carbonyl (C=O) groups excluding carboxylic acids is 4. The Hall–Kier alpha value is -4.42. The van der Waals surface area contributed by atoms with Gasteiger partial charge in [-0.15, -0.1) is 0 Å². The van der Waals surface area contributed by atoms with Crippen molar-refractivity contribution in [3.05, 3.63) is 65.9 Å². The summed E-state index contributed by atoms with van der Waals surface area (Å²) in [5, 5.41) is 17.8. The van der Waals surface area contributed by atoms with Crippen molar-refractivity contribution in [3.63, 3.8) is 0 Å². The summed E-state index contributed by atoms with van der Waals surface area (Å²) >= 11 is 0. The van der Waals surface area contributed by atoms with Crippen molar-refractivity contribution in [3.8, 4) is 5.75 Å². The average molecular weight is 658 g/mol. The van der Waals surface area contributed by atoms with E-state index in [0.29, 0.717) is 31.0 Å². The minimum Gasteiger partial charge on any atom is -0.496 e. The van der Waals surface area contributed by atoms with Gasteiger partial charge in [0.2, 0.25) is 5.91 Å². The summed E-state index contributed by atoms with van der Waals surface area (Å²) in [4.78, 5) is 61.1. The van der Waals surface area contributed by atoms with Crippen LogP contribution < -0.4 is 15.4 Å². The Morgan fingerprint density at radius 2 is 1.85 bits per heavy atom. The van der Waals surface area contributed by atoms with Crippen LogP contribution in [0, 0.1) is 11.8 Å². The summed E-state index contributed by atoms with van der Waals surface area (Å²) in [6, 6.07) is 15.0. The maximum Gasteiger partial charge on any atom is 0.271 e. The molecule has 0 spiro atoms. The van der Waals surface area contributed by atoms with Gasteiger partial charge < -0.3 is 40.0 Å². The molecule has 48 heavy (non-hydrogen) atoms. The minimum atomic E-state index is -1.59. The van der Waals surface area contributed by atoms with Crippen molar-refractivity contribution in [2.45, 2.75) is 75.5 Å². The van der Waals surface area contributed by atoms with Gasteiger partial charge in [-0.1, -0.05) is 42.8 Å². The molecule has 12 nitrogen and oxygen atoms in total. The molecule has 4 amide bonds. The van der Waals surface area contributed by atoms with E-state index >= 15 is 0 Å². The third-order valence-corrected chi connectivity index (χ3v) is 10.4. The lowest BCUT2D eigenvalue weighted by Crippen LogP contribution is -2.59. The molecule has 1 aromatic heterocycles. The van der Waals surface area contributed by atoms with Crippen molar-refractivity contribution in [1.82, 2.24) is 25.4 Å². The van der Waals surface area contributed by atoms with E-state index in [1.54, 1.807) is 23.0 Å². The zero-order chi connectivity index (χ0) is 33.4. The highest BCUT2D eigenvalue weighted by Gasteiger charge is 2.50. The van der Waals surface area contributed by atoms with E-state index in [2.05, 4.69) is 15.6 Å². The Morgan fingerprint density at radius 3 is 2.62 bits per heavy atom. The molecule has 4 N–H and O–H groups in total. The first-order valence-electron chi connectivity index (χ1n) is 17.0. The fourth-order valence-corrected chi connectivity index (χ4v) is 7.67. The topological polar surface area (TPSA) is 153 Å². The monoisotopic (exact) mass is 657 g/mol. The van der Waals surface area contributed by atoms with Crippen molar-refractivity contribution < 1.29 is 33.8 Å². The zero-order valence-electron chi connectivity index (χ0n) is 27.1. The number of nitrogens with one attached hydrogen (secondary N) is 3. The smallest absolute Gasteiger partial charge is 0.271 e. The number of aromatic amines is 1. The second-order valence-electron chi connectivity index (χ2n) is 13.6. The molecular formula is C36H43N5O7. The van der Waals surface area contributed by atoms with E-state index in [9.17, 15) is 24.3 Å². The van der Waals surface area contributed by atoms with Crippen LogP contribution in [0.3, 0.4) is 0 Å². The molecule has 4 fully saturated rings. The molecule has 254 valence electrons. The summed E-state index contributed by atoms with van der Waals surface area (Å²) in [6.45, 7) is 1.03.